The smallest absolute Gasteiger partial charge is 0.135 e. The molecule has 1 fully saturated rings. The van der Waals surface area contributed by atoms with Crippen LogP contribution in [0.4, 0.5) is 5.82 Å². The van der Waals surface area contributed by atoms with Gasteiger partial charge in [-0.15, -0.1) is 11.3 Å². The van der Waals surface area contributed by atoms with Gasteiger partial charge in [-0.2, -0.15) is 0 Å². The Kier molecular flexibility index (Phi) is 2.32. The molecule has 3 rings (SSSR count). The molecular weight excluding hydrogens is 218 g/mol. The standard InChI is InChI=1S/C12H15N3S/c1-7-2-3-8(6-7)11-14-10(13)9-4-5-16-12(9)15-11/h4-5,7-8H,2-3,6H2,1H3,(H2,13,14,15). The Morgan fingerprint density at radius 3 is 3.00 bits per heavy atom. The molecule has 0 radical (unpaired) electrons. The molecule has 0 aromatic carbocycles. The molecule has 16 heavy (non-hydrogen) atoms. The normalized spacial score (nSPS) is 25.3. The molecule has 0 amide bonds. The van der Waals surface area contributed by atoms with E-state index in [0.717, 1.165) is 22.0 Å². The lowest BCUT2D eigenvalue weighted by atomic mass is 10.1. The third kappa shape index (κ3) is 1.57. The fraction of sp³-hybridized carbons (Fsp3) is 0.500. The highest BCUT2D eigenvalue weighted by Crippen LogP contribution is 2.37. The molecule has 2 aromatic rings. The van der Waals surface area contributed by atoms with E-state index in [1.54, 1.807) is 11.3 Å². The summed E-state index contributed by atoms with van der Waals surface area (Å²) in [5, 5.41) is 3.02. The first-order valence-corrected chi connectivity index (χ1v) is 6.62. The van der Waals surface area contributed by atoms with E-state index in [-0.39, 0.29) is 0 Å². The number of hydrogen-bond donors (Lipinski definition) is 1. The lowest BCUT2D eigenvalue weighted by Gasteiger charge is -2.08. The van der Waals surface area contributed by atoms with Gasteiger partial charge in [0.15, 0.2) is 0 Å². The number of nitrogens with zero attached hydrogens (tertiary/aromatic N) is 2. The van der Waals surface area contributed by atoms with Crippen LogP contribution >= 0.6 is 11.3 Å². The summed E-state index contributed by atoms with van der Waals surface area (Å²) in [6, 6.07) is 2.00. The summed E-state index contributed by atoms with van der Waals surface area (Å²) in [6.45, 7) is 2.30. The molecule has 4 heteroatoms. The fourth-order valence-corrected chi connectivity index (χ4v) is 3.30. The SMILES string of the molecule is CC1CCC(c2nc(N)c3ccsc3n2)C1. The van der Waals surface area contributed by atoms with Crippen molar-refractivity contribution < 1.29 is 0 Å². The van der Waals surface area contributed by atoms with Crippen LogP contribution in [0.1, 0.15) is 37.9 Å². The van der Waals surface area contributed by atoms with Gasteiger partial charge in [-0.05, 0) is 36.6 Å². The molecular formula is C12H15N3S. The van der Waals surface area contributed by atoms with Crippen LogP contribution in [0.15, 0.2) is 11.4 Å². The van der Waals surface area contributed by atoms with Crippen LogP contribution in [-0.4, -0.2) is 9.97 Å². The Bertz CT molecular complexity index is 520. The molecule has 1 aliphatic carbocycles. The van der Waals surface area contributed by atoms with Crippen LogP contribution in [0.3, 0.4) is 0 Å². The molecule has 84 valence electrons. The highest BCUT2D eigenvalue weighted by atomic mass is 32.1. The Labute approximate surface area is 98.7 Å². The first-order valence-electron chi connectivity index (χ1n) is 5.74. The zero-order chi connectivity index (χ0) is 11.1. The quantitative estimate of drug-likeness (QED) is 0.823. The second kappa shape index (κ2) is 3.70. The zero-order valence-corrected chi connectivity index (χ0v) is 10.1. The van der Waals surface area contributed by atoms with Crippen molar-refractivity contribution in [3.63, 3.8) is 0 Å². The van der Waals surface area contributed by atoms with Crippen LogP contribution in [0.5, 0.6) is 0 Å². The molecule has 3 nitrogen and oxygen atoms in total. The van der Waals surface area contributed by atoms with Gasteiger partial charge in [0.05, 0.1) is 5.39 Å². The maximum atomic E-state index is 5.96. The highest BCUT2D eigenvalue weighted by Gasteiger charge is 2.25. The van der Waals surface area contributed by atoms with Gasteiger partial charge in [0.2, 0.25) is 0 Å². The Morgan fingerprint density at radius 1 is 1.38 bits per heavy atom. The van der Waals surface area contributed by atoms with E-state index >= 15 is 0 Å². The Morgan fingerprint density at radius 2 is 2.25 bits per heavy atom. The Balaban J connectivity index is 2.04. The molecule has 0 bridgehead atoms. The van der Waals surface area contributed by atoms with Crippen molar-refractivity contribution >= 4 is 27.4 Å². The van der Waals surface area contributed by atoms with Crippen molar-refractivity contribution in [1.82, 2.24) is 9.97 Å². The first-order chi connectivity index (χ1) is 7.74. The number of rotatable bonds is 1. The molecule has 0 saturated heterocycles. The van der Waals surface area contributed by atoms with E-state index < -0.39 is 0 Å². The van der Waals surface area contributed by atoms with Crippen molar-refractivity contribution in [3.8, 4) is 0 Å². The number of hydrogen-bond acceptors (Lipinski definition) is 4. The predicted octanol–water partition coefficient (Wildman–Crippen LogP) is 3.18. The van der Waals surface area contributed by atoms with Crippen LogP contribution in [0.25, 0.3) is 10.2 Å². The molecule has 2 N–H and O–H groups in total. The van der Waals surface area contributed by atoms with Crippen LogP contribution < -0.4 is 5.73 Å². The molecule has 2 aromatic heterocycles. The van der Waals surface area contributed by atoms with Crippen molar-refractivity contribution in [1.29, 1.82) is 0 Å². The van der Waals surface area contributed by atoms with E-state index in [2.05, 4.69) is 16.9 Å². The number of thiophene rings is 1. The maximum absolute atomic E-state index is 5.96. The van der Waals surface area contributed by atoms with Gasteiger partial charge in [0.25, 0.3) is 0 Å². The summed E-state index contributed by atoms with van der Waals surface area (Å²) in [6.07, 6.45) is 3.70. The molecule has 2 atom stereocenters. The number of fused-ring (bicyclic) bond motifs is 1. The van der Waals surface area contributed by atoms with E-state index in [9.17, 15) is 0 Å². The molecule has 0 spiro atoms. The van der Waals surface area contributed by atoms with Gasteiger partial charge in [-0.25, -0.2) is 9.97 Å². The van der Waals surface area contributed by atoms with Gasteiger partial charge >= 0.3 is 0 Å². The molecule has 0 aliphatic heterocycles. The molecule has 2 unspecified atom stereocenters. The fourth-order valence-electron chi connectivity index (χ4n) is 2.52. The maximum Gasteiger partial charge on any atom is 0.135 e. The van der Waals surface area contributed by atoms with Gasteiger partial charge in [-0.3, -0.25) is 0 Å². The van der Waals surface area contributed by atoms with Crippen LogP contribution in [0.2, 0.25) is 0 Å². The average molecular weight is 233 g/mol. The predicted molar refractivity (Wildman–Crippen MR) is 67.6 cm³/mol. The zero-order valence-electron chi connectivity index (χ0n) is 9.31. The van der Waals surface area contributed by atoms with E-state index in [1.807, 2.05) is 11.4 Å². The summed E-state index contributed by atoms with van der Waals surface area (Å²) < 4.78 is 0. The number of aromatic nitrogens is 2. The number of nitrogen functional groups attached to an aromatic ring is 1. The summed E-state index contributed by atoms with van der Waals surface area (Å²) in [5.41, 5.74) is 5.96. The van der Waals surface area contributed by atoms with Gasteiger partial charge in [0, 0.05) is 5.92 Å². The second-order valence-electron chi connectivity index (χ2n) is 4.72. The largest absolute Gasteiger partial charge is 0.383 e. The molecule has 1 saturated carbocycles. The van der Waals surface area contributed by atoms with E-state index in [4.69, 9.17) is 5.73 Å². The minimum absolute atomic E-state index is 0.517. The summed E-state index contributed by atoms with van der Waals surface area (Å²) in [7, 11) is 0. The monoisotopic (exact) mass is 233 g/mol. The molecule has 2 heterocycles. The summed E-state index contributed by atoms with van der Waals surface area (Å²) >= 11 is 1.64. The summed E-state index contributed by atoms with van der Waals surface area (Å²) in [5.74, 6) is 2.91. The minimum Gasteiger partial charge on any atom is -0.383 e. The van der Waals surface area contributed by atoms with Crippen LogP contribution in [0, 0.1) is 5.92 Å². The number of anilines is 1. The lowest BCUT2D eigenvalue weighted by molar-refractivity contribution is 0.587. The van der Waals surface area contributed by atoms with Crippen molar-refractivity contribution in [2.75, 3.05) is 5.73 Å². The lowest BCUT2D eigenvalue weighted by Crippen LogP contribution is -2.04. The van der Waals surface area contributed by atoms with E-state index in [1.165, 1.54) is 19.3 Å². The Hall–Kier alpha value is -1.16. The summed E-state index contributed by atoms with van der Waals surface area (Å²) in [4.78, 5) is 10.1. The minimum atomic E-state index is 0.517. The third-order valence-electron chi connectivity index (χ3n) is 3.43. The molecule has 1 aliphatic rings. The second-order valence-corrected chi connectivity index (χ2v) is 5.62. The van der Waals surface area contributed by atoms with Crippen LogP contribution in [-0.2, 0) is 0 Å². The first kappa shape index (κ1) is 10.0. The number of nitrogens with two attached hydrogens (primary N) is 1. The van der Waals surface area contributed by atoms with Gasteiger partial charge < -0.3 is 5.73 Å². The van der Waals surface area contributed by atoms with Crippen molar-refractivity contribution in [3.05, 3.63) is 17.3 Å². The van der Waals surface area contributed by atoms with Crippen molar-refractivity contribution in [2.24, 2.45) is 5.92 Å². The average Bonchev–Trinajstić information content (AvgIpc) is 2.85. The topological polar surface area (TPSA) is 51.8 Å². The van der Waals surface area contributed by atoms with Crippen molar-refractivity contribution in [2.45, 2.75) is 32.1 Å². The van der Waals surface area contributed by atoms with Gasteiger partial charge in [0.1, 0.15) is 16.5 Å². The van der Waals surface area contributed by atoms with E-state index in [0.29, 0.717) is 11.7 Å². The highest BCUT2D eigenvalue weighted by molar-refractivity contribution is 7.16. The third-order valence-corrected chi connectivity index (χ3v) is 4.24. The van der Waals surface area contributed by atoms with Gasteiger partial charge in [-0.1, -0.05) is 6.92 Å².